The molecule has 0 aliphatic heterocycles. The molecule has 0 heterocycles. The van der Waals surface area contributed by atoms with E-state index < -0.39 is 5.41 Å². The quantitative estimate of drug-likeness (QED) is 0.263. The van der Waals surface area contributed by atoms with Crippen LogP contribution in [0.1, 0.15) is 122 Å². The molecule has 34 heavy (non-hydrogen) atoms. The topological polar surface area (TPSA) is 26.3 Å². The van der Waals surface area contributed by atoms with E-state index in [0.29, 0.717) is 23.7 Å². The Morgan fingerprint density at radius 3 is 1.94 bits per heavy atom. The first-order chi connectivity index (χ1) is 15.5. The first-order valence-corrected chi connectivity index (χ1v) is 14.0. The van der Waals surface area contributed by atoms with Gasteiger partial charge in [0, 0.05) is 0 Å². The number of esters is 1. The van der Waals surface area contributed by atoms with E-state index in [2.05, 4.69) is 108 Å². The van der Waals surface area contributed by atoms with Crippen molar-refractivity contribution in [1.29, 1.82) is 0 Å². The molecule has 2 atom stereocenters. The second-order valence-electron chi connectivity index (χ2n) is 13.9. The van der Waals surface area contributed by atoms with Gasteiger partial charge in [0.1, 0.15) is 6.10 Å². The summed E-state index contributed by atoms with van der Waals surface area (Å²) in [6, 6.07) is 0. The highest BCUT2D eigenvalue weighted by atomic mass is 16.5. The Morgan fingerprint density at radius 2 is 1.47 bits per heavy atom. The number of ether oxygens (including phenoxy) is 1. The summed E-state index contributed by atoms with van der Waals surface area (Å²) in [4.78, 5) is 13.8. The number of allylic oxidation sites excluding steroid dienone is 4. The number of hydrogen-bond donors (Lipinski definition) is 0. The number of carbonyl (C=O) groups excluding carboxylic acids is 1. The Bertz CT molecular complexity index is 697. The van der Waals surface area contributed by atoms with Crippen molar-refractivity contribution in [3.63, 3.8) is 0 Å². The molecule has 0 spiro atoms. The predicted octanol–water partition coefficient (Wildman–Crippen LogP) is 9.64. The van der Waals surface area contributed by atoms with Crippen LogP contribution in [0, 0.1) is 45.8 Å². The minimum Gasteiger partial charge on any atom is -0.461 e. The standard InChI is InChI=1S/C32H58O2/c1-22(2)20-27(26-18-16-14-15-17-19-26)31(11,12)30(9,10)21-32(13,25(7)8)29(33)34-28(23(3)4)24(5)6/h16,18-19,22-25,27-28H,14-15,17,20-21H2,1-13H3. The molecular weight excluding hydrogens is 416 g/mol. The SMILES string of the molecule is CC(C)CC(C1=CCCCC=C1)C(C)(C)C(C)(C)CC(C)(C(=O)OC(C(C)C)C(C)C)C(C)C. The van der Waals surface area contributed by atoms with Crippen molar-refractivity contribution in [2.45, 2.75) is 128 Å². The van der Waals surface area contributed by atoms with Crippen LogP contribution in [0.25, 0.3) is 0 Å². The van der Waals surface area contributed by atoms with Crippen molar-refractivity contribution < 1.29 is 9.53 Å². The third-order valence-corrected chi connectivity index (χ3v) is 9.10. The van der Waals surface area contributed by atoms with E-state index in [9.17, 15) is 4.79 Å². The van der Waals surface area contributed by atoms with Crippen LogP contribution >= 0.6 is 0 Å². The fraction of sp³-hybridized carbons (Fsp3) is 0.844. The first-order valence-electron chi connectivity index (χ1n) is 14.0. The van der Waals surface area contributed by atoms with Gasteiger partial charge in [-0.1, -0.05) is 101 Å². The van der Waals surface area contributed by atoms with Crippen LogP contribution in [0.2, 0.25) is 0 Å². The maximum Gasteiger partial charge on any atom is 0.312 e. The molecule has 0 aromatic heterocycles. The summed E-state index contributed by atoms with van der Waals surface area (Å²) in [5, 5.41) is 0. The maximum atomic E-state index is 13.8. The third-order valence-electron chi connectivity index (χ3n) is 9.10. The van der Waals surface area contributed by atoms with E-state index in [1.165, 1.54) is 18.4 Å². The van der Waals surface area contributed by atoms with Gasteiger partial charge in [0.2, 0.25) is 0 Å². The zero-order chi connectivity index (χ0) is 26.5. The number of rotatable bonds is 12. The highest BCUT2D eigenvalue weighted by Crippen LogP contribution is 2.56. The number of carbonyl (C=O) groups is 1. The van der Waals surface area contributed by atoms with Gasteiger partial charge in [-0.15, -0.1) is 0 Å². The minimum absolute atomic E-state index is 0.0176. The van der Waals surface area contributed by atoms with Crippen molar-refractivity contribution in [1.82, 2.24) is 0 Å². The molecular formula is C32H58O2. The van der Waals surface area contributed by atoms with Gasteiger partial charge in [-0.3, -0.25) is 4.79 Å². The lowest BCUT2D eigenvalue weighted by Gasteiger charge is -2.52. The molecule has 1 rings (SSSR count). The molecule has 0 saturated carbocycles. The number of hydrogen-bond acceptors (Lipinski definition) is 2. The lowest BCUT2D eigenvalue weighted by Crippen LogP contribution is -2.48. The van der Waals surface area contributed by atoms with Gasteiger partial charge in [0.15, 0.2) is 0 Å². The molecule has 0 aromatic rings. The summed E-state index contributed by atoms with van der Waals surface area (Å²) in [7, 11) is 0. The summed E-state index contributed by atoms with van der Waals surface area (Å²) >= 11 is 0. The van der Waals surface area contributed by atoms with Crippen molar-refractivity contribution in [2.24, 2.45) is 45.8 Å². The van der Waals surface area contributed by atoms with Crippen LogP contribution in [0.15, 0.2) is 23.8 Å². The van der Waals surface area contributed by atoms with Crippen LogP contribution in [0.3, 0.4) is 0 Å². The molecule has 0 saturated heterocycles. The Hall–Kier alpha value is -1.05. The molecule has 0 amide bonds. The fourth-order valence-electron chi connectivity index (χ4n) is 5.80. The Kier molecular flexibility index (Phi) is 11.2. The predicted molar refractivity (Wildman–Crippen MR) is 149 cm³/mol. The van der Waals surface area contributed by atoms with E-state index in [4.69, 9.17) is 4.74 Å². The van der Waals surface area contributed by atoms with Crippen molar-refractivity contribution >= 4 is 5.97 Å². The van der Waals surface area contributed by atoms with Gasteiger partial charge in [-0.2, -0.15) is 0 Å². The van der Waals surface area contributed by atoms with Gasteiger partial charge in [0.25, 0.3) is 0 Å². The molecule has 1 aliphatic carbocycles. The molecule has 0 radical (unpaired) electrons. The highest BCUT2D eigenvalue weighted by Gasteiger charge is 2.51. The molecule has 0 fully saturated rings. The van der Waals surface area contributed by atoms with Crippen LogP contribution in [-0.2, 0) is 9.53 Å². The molecule has 2 nitrogen and oxygen atoms in total. The van der Waals surface area contributed by atoms with Crippen LogP contribution in [-0.4, -0.2) is 12.1 Å². The van der Waals surface area contributed by atoms with Crippen LogP contribution in [0.5, 0.6) is 0 Å². The highest BCUT2D eigenvalue weighted by molar-refractivity contribution is 5.77. The van der Waals surface area contributed by atoms with Crippen molar-refractivity contribution in [3.05, 3.63) is 23.8 Å². The summed E-state index contributed by atoms with van der Waals surface area (Å²) in [6.45, 7) is 29.5. The van der Waals surface area contributed by atoms with Gasteiger partial charge in [-0.05, 0) is 85.0 Å². The smallest absolute Gasteiger partial charge is 0.312 e. The third kappa shape index (κ3) is 7.47. The van der Waals surface area contributed by atoms with Crippen LogP contribution < -0.4 is 0 Å². The summed E-state index contributed by atoms with van der Waals surface area (Å²) in [5.74, 6) is 1.90. The van der Waals surface area contributed by atoms with E-state index >= 15 is 0 Å². The average molecular weight is 475 g/mol. The van der Waals surface area contributed by atoms with Gasteiger partial charge >= 0.3 is 5.97 Å². The second kappa shape index (κ2) is 12.3. The summed E-state index contributed by atoms with van der Waals surface area (Å²) in [6.07, 6.45) is 12.7. The molecule has 0 aromatic carbocycles. The Labute approximate surface area is 213 Å². The van der Waals surface area contributed by atoms with Crippen LogP contribution in [0.4, 0.5) is 0 Å². The molecule has 0 N–H and O–H groups in total. The van der Waals surface area contributed by atoms with E-state index in [1.807, 2.05) is 0 Å². The van der Waals surface area contributed by atoms with E-state index in [-0.39, 0.29) is 28.8 Å². The lowest BCUT2D eigenvalue weighted by molar-refractivity contribution is -0.173. The van der Waals surface area contributed by atoms with Crippen molar-refractivity contribution in [2.75, 3.05) is 0 Å². The summed E-state index contributed by atoms with van der Waals surface area (Å²) in [5.41, 5.74) is 0.928. The summed E-state index contributed by atoms with van der Waals surface area (Å²) < 4.78 is 6.25. The Morgan fingerprint density at radius 1 is 0.912 bits per heavy atom. The minimum atomic E-state index is -0.529. The molecule has 0 bridgehead atoms. The van der Waals surface area contributed by atoms with Crippen molar-refractivity contribution in [3.8, 4) is 0 Å². The largest absolute Gasteiger partial charge is 0.461 e. The molecule has 2 heteroatoms. The Balaban J connectivity index is 3.37. The zero-order valence-electron chi connectivity index (χ0n) is 25.0. The molecule has 2 unspecified atom stereocenters. The molecule has 198 valence electrons. The zero-order valence-corrected chi connectivity index (χ0v) is 25.0. The normalized spacial score (nSPS) is 18.5. The van der Waals surface area contributed by atoms with Gasteiger partial charge in [0.05, 0.1) is 5.41 Å². The second-order valence-corrected chi connectivity index (χ2v) is 13.9. The van der Waals surface area contributed by atoms with E-state index in [0.717, 1.165) is 19.3 Å². The molecule has 1 aliphatic rings. The first kappa shape index (κ1) is 31.0. The fourth-order valence-corrected chi connectivity index (χ4v) is 5.80. The van der Waals surface area contributed by atoms with Gasteiger partial charge < -0.3 is 4.74 Å². The average Bonchev–Trinajstić information content (AvgIpc) is 2.97. The van der Waals surface area contributed by atoms with Gasteiger partial charge in [-0.25, -0.2) is 0 Å². The monoisotopic (exact) mass is 474 g/mol. The lowest BCUT2D eigenvalue weighted by atomic mass is 9.53. The maximum absolute atomic E-state index is 13.8. The van der Waals surface area contributed by atoms with E-state index in [1.54, 1.807) is 0 Å².